The molecule has 232 valence electrons. The molecule has 2 aromatic heterocycles. The number of alkyl halides is 3. The van der Waals surface area contributed by atoms with Crippen LogP contribution in [-0.4, -0.2) is 37.4 Å². The number of hydrogen-bond acceptors (Lipinski definition) is 5. The quantitative estimate of drug-likeness (QED) is 0.170. The first-order chi connectivity index (χ1) is 21.4. The van der Waals surface area contributed by atoms with Crippen molar-refractivity contribution in [2.75, 3.05) is 0 Å². The minimum atomic E-state index is -4.75. The highest BCUT2D eigenvalue weighted by Gasteiger charge is 2.31. The van der Waals surface area contributed by atoms with Crippen molar-refractivity contribution in [2.45, 2.75) is 53.3 Å². The molecule has 0 unspecified atom stereocenters. The van der Waals surface area contributed by atoms with Gasteiger partial charge in [-0.25, -0.2) is 19.5 Å². The fraction of sp³-hybridized carbons (Fsp3) is 0.242. The minimum absolute atomic E-state index is 0.302. The van der Waals surface area contributed by atoms with Crippen LogP contribution in [-0.2, 0) is 6.42 Å². The Morgan fingerprint density at radius 3 is 2.40 bits per heavy atom. The number of hydrogen-bond donors (Lipinski definition) is 0. The summed E-state index contributed by atoms with van der Waals surface area (Å²) in [6.07, 6.45) is -2.82. The highest BCUT2D eigenvalue weighted by molar-refractivity contribution is 7.07. The molecule has 5 aromatic rings. The maximum absolute atomic E-state index is 12.9. The number of halogens is 3. The average Bonchev–Trinajstić information content (AvgIpc) is 3.60. The topological polar surface area (TPSA) is 86.7 Å². The van der Waals surface area contributed by atoms with Crippen LogP contribution in [0.3, 0.4) is 0 Å². The summed E-state index contributed by atoms with van der Waals surface area (Å²) in [5, 5.41) is 6.42. The Morgan fingerprint density at radius 2 is 1.73 bits per heavy atom. The molecule has 3 aromatic carbocycles. The number of carbonyl (C=O) groups is 1. The van der Waals surface area contributed by atoms with Crippen LogP contribution in [0, 0.1) is 13.8 Å². The van der Waals surface area contributed by atoms with E-state index in [9.17, 15) is 18.0 Å². The minimum Gasteiger partial charge on any atom is -0.406 e. The van der Waals surface area contributed by atoms with E-state index in [-0.39, 0.29) is 5.75 Å². The second kappa shape index (κ2) is 13.0. The molecule has 8 nitrogen and oxygen atoms in total. The number of aryl methyl sites for hydroxylation is 2. The van der Waals surface area contributed by atoms with Gasteiger partial charge in [0.2, 0.25) is 0 Å². The third-order valence-corrected chi connectivity index (χ3v) is 7.85. The summed E-state index contributed by atoms with van der Waals surface area (Å²) in [7, 11) is 0. The van der Waals surface area contributed by atoms with Crippen LogP contribution in [0.25, 0.3) is 22.8 Å². The normalized spacial score (nSPS) is 12.6. The fourth-order valence-electron chi connectivity index (χ4n) is 4.80. The predicted octanol–water partition coefficient (Wildman–Crippen LogP) is 8.15. The zero-order valence-corrected chi connectivity index (χ0v) is 26.1. The van der Waals surface area contributed by atoms with Crippen LogP contribution in [0.1, 0.15) is 49.1 Å². The number of urea groups is 1. The molecule has 0 saturated heterocycles. The molecule has 0 aliphatic carbocycles. The zero-order valence-electron chi connectivity index (χ0n) is 25.3. The van der Waals surface area contributed by atoms with E-state index < -0.39 is 12.4 Å². The van der Waals surface area contributed by atoms with Gasteiger partial charge in [-0.2, -0.15) is 4.99 Å². The van der Waals surface area contributed by atoms with Crippen molar-refractivity contribution in [1.29, 1.82) is 0 Å². The number of ether oxygens (including phenoxy) is 1. The van der Waals surface area contributed by atoms with Gasteiger partial charge < -0.3 is 4.74 Å². The largest absolute Gasteiger partial charge is 0.573 e. The number of thiazole rings is 1. The molecule has 0 saturated carbocycles. The van der Waals surface area contributed by atoms with E-state index in [4.69, 9.17) is 0 Å². The van der Waals surface area contributed by atoms with E-state index in [2.05, 4.69) is 56.9 Å². The van der Waals surface area contributed by atoms with Crippen molar-refractivity contribution in [3.05, 3.63) is 106 Å². The molecule has 0 bridgehead atoms. The maximum Gasteiger partial charge on any atom is 0.573 e. The standard InChI is InChI=1S/C33H31F3N6O2S/c1-20(2)28-15-6-21(3)16-29(28)42-23(5)18-45-32(42)39-31(43)38-22(4)17-24-7-9-25(10-8-24)30-37-19-41(40-30)26-11-13-27(14-12-26)44-33(34,35)36/h6-16,18-20H,17H2,1-5H3. The van der Waals surface area contributed by atoms with Crippen molar-refractivity contribution in [3.8, 4) is 28.5 Å². The van der Waals surface area contributed by atoms with Gasteiger partial charge in [0.15, 0.2) is 10.6 Å². The van der Waals surface area contributed by atoms with Crippen molar-refractivity contribution in [3.63, 3.8) is 0 Å². The van der Waals surface area contributed by atoms with Crippen LogP contribution < -0.4 is 9.54 Å². The summed E-state index contributed by atoms with van der Waals surface area (Å²) in [6.45, 7) is 10.1. The summed E-state index contributed by atoms with van der Waals surface area (Å²) in [4.78, 5) is 26.4. The Bertz CT molecular complexity index is 1920. The van der Waals surface area contributed by atoms with Gasteiger partial charge in [0, 0.05) is 28.8 Å². The smallest absolute Gasteiger partial charge is 0.406 e. The summed E-state index contributed by atoms with van der Waals surface area (Å²) >= 11 is 1.40. The van der Waals surface area contributed by atoms with Crippen molar-refractivity contribution in [1.82, 2.24) is 19.3 Å². The number of amides is 2. The van der Waals surface area contributed by atoms with Gasteiger partial charge in [-0.1, -0.05) is 50.2 Å². The Hall–Kier alpha value is -4.84. The zero-order chi connectivity index (χ0) is 32.3. The van der Waals surface area contributed by atoms with E-state index in [1.807, 2.05) is 48.1 Å². The summed E-state index contributed by atoms with van der Waals surface area (Å²) in [6, 6.07) is 18.7. The Morgan fingerprint density at radius 1 is 1.02 bits per heavy atom. The summed E-state index contributed by atoms with van der Waals surface area (Å²) in [5.41, 5.74) is 7.16. The third-order valence-electron chi connectivity index (χ3n) is 6.90. The van der Waals surface area contributed by atoms with Crippen molar-refractivity contribution >= 4 is 23.1 Å². The second-order valence-corrected chi connectivity index (χ2v) is 11.7. The lowest BCUT2D eigenvalue weighted by Gasteiger charge is -2.16. The Balaban J connectivity index is 1.28. The molecule has 0 N–H and O–H groups in total. The summed E-state index contributed by atoms with van der Waals surface area (Å²) < 4.78 is 44.7. The van der Waals surface area contributed by atoms with E-state index in [1.165, 1.54) is 52.2 Å². The highest BCUT2D eigenvalue weighted by atomic mass is 32.1. The molecule has 12 heteroatoms. The number of aromatic nitrogens is 4. The van der Waals surface area contributed by atoms with E-state index in [0.717, 1.165) is 28.1 Å². The lowest BCUT2D eigenvalue weighted by Crippen LogP contribution is -2.18. The SMILES string of the molecule is CC(Cc1ccc(-c2ncn(-c3ccc(OC(F)(F)F)cc3)n2)cc1)=NC(=O)N=c1scc(C)n1-c1cc(C)ccc1C(C)C. The van der Waals surface area contributed by atoms with Crippen LogP contribution in [0.2, 0.25) is 0 Å². The van der Waals surface area contributed by atoms with Gasteiger partial charge in [-0.3, -0.25) is 4.57 Å². The van der Waals surface area contributed by atoms with Gasteiger partial charge in [-0.15, -0.1) is 29.6 Å². The molecule has 0 aliphatic rings. The average molecular weight is 633 g/mol. The third kappa shape index (κ3) is 7.82. The highest BCUT2D eigenvalue weighted by Crippen LogP contribution is 2.26. The molecule has 2 amide bonds. The van der Waals surface area contributed by atoms with Gasteiger partial charge in [0.1, 0.15) is 12.1 Å². The molecule has 2 heterocycles. The molecule has 0 spiro atoms. The molecular formula is C33H31F3N6O2S. The number of nitrogens with zero attached hydrogens (tertiary/aromatic N) is 6. The Kier molecular flexibility index (Phi) is 9.14. The first-order valence-electron chi connectivity index (χ1n) is 14.1. The predicted molar refractivity (Wildman–Crippen MR) is 168 cm³/mol. The number of aliphatic imine (C=N–C) groups is 1. The van der Waals surface area contributed by atoms with Crippen LogP contribution in [0.5, 0.6) is 5.75 Å². The van der Waals surface area contributed by atoms with E-state index in [0.29, 0.717) is 34.4 Å². The van der Waals surface area contributed by atoms with Crippen molar-refractivity contribution < 1.29 is 22.7 Å². The molecule has 0 radical (unpaired) electrons. The maximum atomic E-state index is 12.9. The molecule has 45 heavy (non-hydrogen) atoms. The van der Waals surface area contributed by atoms with Crippen LogP contribution in [0.4, 0.5) is 18.0 Å². The van der Waals surface area contributed by atoms with Crippen LogP contribution >= 0.6 is 11.3 Å². The molecule has 5 rings (SSSR count). The molecule has 0 fully saturated rings. The second-order valence-electron chi connectivity index (χ2n) is 10.9. The Labute approximate surface area is 262 Å². The lowest BCUT2D eigenvalue weighted by molar-refractivity contribution is -0.274. The first kappa shape index (κ1) is 31.6. The molecule has 0 atom stereocenters. The monoisotopic (exact) mass is 632 g/mol. The lowest BCUT2D eigenvalue weighted by atomic mass is 9.99. The summed E-state index contributed by atoms with van der Waals surface area (Å²) in [5.74, 6) is 0.436. The van der Waals surface area contributed by atoms with Gasteiger partial charge in [0.05, 0.1) is 11.4 Å². The van der Waals surface area contributed by atoms with E-state index in [1.54, 1.807) is 6.92 Å². The number of benzene rings is 3. The number of rotatable bonds is 7. The molecule has 0 aliphatic heterocycles. The van der Waals surface area contributed by atoms with Gasteiger partial charge in [0.25, 0.3) is 0 Å². The number of carbonyl (C=O) groups excluding carboxylic acids is 1. The van der Waals surface area contributed by atoms with Crippen LogP contribution in [0.15, 0.2) is 88.4 Å². The van der Waals surface area contributed by atoms with Gasteiger partial charge >= 0.3 is 12.4 Å². The fourth-order valence-corrected chi connectivity index (χ4v) is 5.66. The first-order valence-corrected chi connectivity index (χ1v) is 15.0. The van der Waals surface area contributed by atoms with E-state index >= 15 is 0 Å². The molecular weight excluding hydrogens is 601 g/mol. The van der Waals surface area contributed by atoms with Gasteiger partial charge in [-0.05, 0) is 73.7 Å². The van der Waals surface area contributed by atoms with Crippen molar-refractivity contribution in [2.24, 2.45) is 9.98 Å².